The van der Waals surface area contributed by atoms with E-state index in [9.17, 15) is 14.9 Å². The summed E-state index contributed by atoms with van der Waals surface area (Å²) in [5.41, 5.74) is 0.232. The van der Waals surface area contributed by atoms with Crippen LogP contribution < -0.4 is 10.1 Å². The van der Waals surface area contributed by atoms with Crippen LogP contribution in [0.1, 0.15) is 13.3 Å². The molecule has 1 N–H and O–H groups in total. The number of rotatable bonds is 5. The quantitative estimate of drug-likeness (QED) is 0.622. The number of carbonyl (C=O) groups is 1. The van der Waals surface area contributed by atoms with E-state index in [1.54, 1.807) is 4.90 Å². The topological polar surface area (TPSA) is 91.2 Å². The number of likely N-dealkylation sites (N-methyl/N-ethyl adjacent to an activating group) is 1. The van der Waals surface area contributed by atoms with Crippen LogP contribution in [0.5, 0.6) is 5.75 Å². The summed E-state index contributed by atoms with van der Waals surface area (Å²) >= 11 is 0. The lowest BCUT2D eigenvalue weighted by molar-refractivity contribution is -0.384. The van der Waals surface area contributed by atoms with Crippen molar-refractivity contribution in [2.45, 2.75) is 19.4 Å². The summed E-state index contributed by atoms with van der Waals surface area (Å²) in [6, 6.07) is 4.31. The highest BCUT2D eigenvalue weighted by Crippen LogP contribution is 2.29. The number of likely N-dealkylation sites (tertiary alicyclic amines) is 1. The van der Waals surface area contributed by atoms with Crippen LogP contribution in [0, 0.1) is 10.1 Å². The third kappa shape index (κ3) is 4.48. The summed E-state index contributed by atoms with van der Waals surface area (Å²) in [5.74, 6) is 0.403. The van der Waals surface area contributed by atoms with Gasteiger partial charge in [0.2, 0.25) is 0 Å². The van der Waals surface area contributed by atoms with Gasteiger partial charge in [-0.3, -0.25) is 15.0 Å². The number of hydrogen-bond donors (Lipinski definition) is 1. The van der Waals surface area contributed by atoms with Gasteiger partial charge in [0.25, 0.3) is 5.69 Å². The van der Waals surface area contributed by atoms with Crippen molar-refractivity contribution >= 4 is 17.4 Å². The van der Waals surface area contributed by atoms with E-state index in [0.29, 0.717) is 30.6 Å². The van der Waals surface area contributed by atoms with E-state index < -0.39 is 4.92 Å². The molecule has 0 bridgehead atoms. The van der Waals surface area contributed by atoms with Crippen LogP contribution in [-0.2, 0) is 0 Å². The first-order chi connectivity index (χ1) is 13.0. The molecule has 9 heteroatoms. The molecule has 2 aliphatic heterocycles. The second kappa shape index (κ2) is 8.53. The lowest BCUT2D eigenvalue weighted by Crippen LogP contribution is -2.51. The number of urea groups is 1. The molecule has 1 atom stereocenters. The summed E-state index contributed by atoms with van der Waals surface area (Å²) in [7, 11) is 1.47. The monoisotopic (exact) mass is 377 g/mol. The molecule has 3 rings (SSSR count). The molecule has 0 aliphatic carbocycles. The SMILES string of the molecule is CCN1CCN(C2CCN(C(=O)Nc3cc([N+](=O)[O-])ccc3OC)C2)CC1. The largest absolute Gasteiger partial charge is 0.495 e. The average molecular weight is 377 g/mol. The number of ether oxygens (including phenoxy) is 1. The van der Waals surface area contributed by atoms with E-state index in [1.807, 2.05) is 0 Å². The second-order valence-electron chi connectivity index (χ2n) is 6.93. The normalized spacial score (nSPS) is 21.3. The van der Waals surface area contributed by atoms with Gasteiger partial charge in [-0.2, -0.15) is 0 Å². The summed E-state index contributed by atoms with van der Waals surface area (Å²) in [4.78, 5) is 29.8. The number of methoxy groups -OCH3 is 1. The third-order valence-electron chi connectivity index (χ3n) is 5.46. The fourth-order valence-corrected chi connectivity index (χ4v) is 3.77. The molecule has 2 heterocycles. The van der Waals surface area contributed by atoms with E-state index in [2.05, 4.69) is 22.0 Å². The van der Waals surface area contributed by atoms with E-state index >= 15 is 0 Å². The predicted molar refractivity (Wildman–Crippen MR) is 102 cm³/mol. The minimum Gasteiger partial charge on any atom is -0.495 e. The number of non-ortho nitro benzene ring substituents is 1. The van der Waals surface area contributed by atoms with Crippen molar-refractivity contribution in [1.82, 2.24) is 14.7 Å². The molecule has 2 amide bonds. The maximum atomic E-state index is 12.7. The molecule has 2 aliphatic rings. The Morgan fingerprint density at radius 2 is 2.04 bits per heavy atom. The first-order valence-corrected chi connectivity index (χ1v) is 9.36. The van der Waals surface area contributed by atoms with Crippen LogP contribution in [-0.4, -0.2) is 84.6 Å². The molecule has 1 aromatic rings. The minimum absolute atomic E-state index is 0.0841. The van der Waals surface area contributed by atoms with Crippen LogP contribution in [0.25, 0.3) is 0 Å². The third-order valence-corrected chi connectivity index (χ3v) is 5.46. The summed E-state index contributed by atoms with van der Waals surface area (Å²) in [6.07, 6.45) is 0.950. The predicted octanol–water partition coefficient (Wildman–Crippen LogP) is 1.85. The Hall–Kier alpha value is -2.39. The van der Waals surface area contributed by atoms with E-state index in [0.717, 1.165) is 39.1 Å². The standard InChI is InChI=1S/C18H27N5O4/c1-3-20-8-10-21(11-9-20)15-6-7-22(13-15)18(24)19-16-12-14(23(25)26)4-5-17(16)27-2/h4-5,12,15H,3,6-11,13H2,1-2H3,(H,19,24). The number of nitro groups is 1. The van der Waals surface area contributed by atoms with E-state index in [1.165, 1.54) is 25.3 Å². The van der Waals surface area contributed by atoms with Gasteiger partial charge >= 0.3 is 6.03 Å². The molecule has 0 aromatic heterocycles. The van der Waals surface area contributed by atoms with Gasteiger partial charge in [-0.25, -0.2) is 4.79 Å². The number of amides is 2. The maximum absolute atomic E-state index is 12.7. The number of anilines is 1. The Bertz CT molecular complexity index is 690. The zero-order valence-electron chi connectivity index (χ0n) is 15.9. The Kier molecular flexibility index (Phi) is 6.12. The minimum atomic E-state index is -0.489. The fraction of sp³-hybridized carbons (Fsp3) is 0.611. The molecule has 148 valence electrons. The molecule has 0 spiro atoms. The molecule has 2 fully saturated rings. The first kappa shape index (κ1) is 19.4. The maximum Gasteiger partial charge on any atom is 0.322 e. The number of nitro benzene ring substituents is 1. The van der Waals surface area contributed by atoms with Gasteiger partial charge < -0.3 is 19.9 Å². The molecule has 0 radical (unpaired) electrons. The van der Waals surface area contributed by atoms with Gasteiger partial charge in [-0.1, -0.05) is 6.92 Å². The van der Waals surface area contributed by atoms with Crippen LogP contribution in [0.4, 0.5) is 16.2 Å². The van der Waals surface area contributed by atoms with Crippen molar-refractivity contribution < 1.29 is 14.5 Å². The van der Waals surface area contributed by atoms with Gasteiger partial charge in [0.15, 0.2) is 0 Å². The summed E-state index contributed by atoms with van der Waals surface area (Å²) < 4.78 is 5.21. The number of nitrogens with zero attached hydrogens (tertiary/aromatic N) is 4. The highest BCUT2D eigenvalue weighted by molar-refractivity contribution is 5.91. The zero-order valence-corrected chi connectivity index (χ0v) is 15.9. The van der Waals surface area contributed by atoms with Crippen molar-refractivity contribution in [1.29, 1.82) is 0 Å². The van der Waals surface area contributed by atoms with Gasteiger partial charge in [0.05, 0.1) is 17.7 Å². The summed E-state index contributed by atoms with van der Waals surface area (Å²) in [5, 5.41) is 13.8. The Balaban J connectivity index is 1.59. The zero-order chi connectivity index (χ0) is 19.4. The molecular weight excluding hydrogens is 350 g/mol. The molecule has 1 aromatic carbocycles. The molecule has 0 saturated carbocycles. The van der Waals surface area contributed by atoms with E-state index in [-0.39, 0.29) is 11.7 Å². The highest BCUT2D eigenvalue weighted by Gasteiger charge is 2.32. The lowest BCUT2D eigenvalue weighted by Gasteiger charge is -2.37. The second-order valence-corrected chi connectivity index (χ2v) is 6.93. The van der Waals surface area contributed by atoms with Crippen LogP contribution in [0.3, 0.4) is 0 Å². The van der Waals surface area contributed by atoms with Gasteiger partial charge in [0.1, 0.15) is 5.75 Å². The van der Waals surface area contributed by atoms with Crippen molar-refractivity contribution in [3.05, 3.63) is 28.3 Å². The van der Waals surface area contributed by atoms with Crippen LogP contribution in [0.2, 0.25) is 0 Å². The highest BCUT2D eigenvalue weighted by atomic mass is 16.6. The van der Waals surface area contributed by atoms with E-state index in [4.69, 9.17) is 4.74 Å². The van der Waals surface area contributed by atoms with Crippen LogP contribution in [0.15, 0.2) is 18.2 Å². The van der Waals surface area contributed by atoms with Crippen molar-refractivity contribution in [2.24, 2.45) is 0 Å². The summed E-state index contributed by atoms with van der Waals surface area (Å²) in [6.45, 7) is 8.84. The Morgan fingerprint density at radius 3 is 2.67 bits per heavy atom. The molecule has 2 saturated heterocycles. The van der Waals surface area contributed by atoms with Crippen molar-refractivity contribution in [3.63, 3.8) is 0 Å². The van der Waals surface area contributed by atoms with Gasteiger partial charge in [-0.05, 0) is 19.0 Å². The van der Waals surface area contributed by atoms with Crippen molar-refractivity contribution in [3.8, 4) is 5.75 Å². The average Bonchev–Trinajstić information content (AvgIpc) is 3.18. The van der Waals surface area contributed by atoms with Crippen LogP contribution >= 0.6 is 0 Å². The number of benzene rings is 1. The van der Waals surface area contributed by atoms with Crippen molar-refractivity contribution in [2.75, 3.05) is 58.2 Å². The van der Waals surface area contributed by atoms with Gasteiger partial charge in [0, 0.05) is 57.4 Å². The van der Waals surface area contributed by atoms with Gasteiger partial charge in [-0.15, -0.1) is 0 Å². The number of nitrogens with one attached hydrogen (secondary N) is 1. The number of hydrogen-bond acceptors (Lipinski definition) is 6. The Morgan fingerprint density at radius 1 is 1.30 bits per heavy atom. The smallest absolute Gasteiger partial charge is 0.322 e. The fourth-order valence-electron chi connectivity index (χ4n) is 3.77. The molecule has 1 unspecified atom stereocenters. The lowest BCUT2D eigenvalue weighted by atomic mass is 10.2. The number of piperazine rings is 1. The first-order valence-electron chi connectivity index (χ1n) is 9.36. The molecule has 9 nitrogen and oxygen atoms in total. The number of carbonyl (C=O) groups excluding carboxylic acids is 1. The molecule has 27 heavy (non-hydrogen) atoms. The molecular formula is C18H27N5O4. The Labute approximate surface area is 159 Å².